The molecule has 26 heavy (non-hydrogen) atoms. The lowest BCUT2D eigenvalue weighted by Crippen LogP contribution is -2.40. The number of ketones is 1. The smallest absolute Gasteiger partial charge is 0.225 e. The summed E-state index contributed by atoms with van der Waals surface area (Å²) >= 11 is 5.87. The average molecular weight is 372 g/mol. The van der Waals surface area contributed by atoms with Crippen molar-refractivity contribution in [2.24, 2.45) is 5.92 Å². The highest BCUT2D eigenvalue weighted by atomic mass is 35.5. The largest absolute Gasteiger partial charge is 0.493 e. The maximum atomic E-state index is 12.5. The van der Waals surface area contributed by atoms with Gasteiger partial charge in [-0.15, -0.1) is 0 Å². The molecule has 0 saturated carbocycles. The summed E-state index contributed by atoms with van der Waals surface area (Å²) in [5, 5.41) is 0.625. The summed E-state index contributed by atoms with van der Waals surface area (Å²) in [6, 6.07) is 16.5. The number of hydrogen-bond donors (Lipinski definition) is 0. The van der Waals surface area contributed by atoms with E-state index in [2.05, 4.69) is 0 Å². The average Bonchev–Trinajstić information content (AvgIpc) is 2.69. The zero-order valence-electron chi connectivity index (χ0n) is 14.6. The Morgan fingerprint density at radius 2 is 1.65 bits per heavy atom. The van der Waals surface area contributed by atoms with Crippen molar-refractivity contribution in [3.8, 4) is 5.75 Å². The SMILES string of the molecule is O=C(c1ccc(Cl)cc1)C1CCN(C(=O)CCOc2ccccc2)CC1. The predicted octanol–water partition coefficient (Wildman–Crippen LogP) is 4.23. The monoisotopic (exact) mass is 371 g/mol. The standard InChI is InChI=1S/C21H22ClNO3/c22-18-8-6-16(7-9-18)21(25)17-10-13-23(14-11-17)20(24)12-15-26-19-4-2-1-3-5-19/h1-9,17H,10-15H2. The molecular weight excluding hydrogens is 350 g/mol. The summed E-state index contributed by atoms with van der Waals surface area (Å²) in [6.07, 6.45) is 1.75. The molecule has 0 aromatic heterocycles. The van der Waals surface area contributed by atoms with E-state index >= 15 is 0 Å². The van der Waals surface area contributed by atoms with Gasteiger partial charge in [0.1, 0.15) is 5.75 Å². The lowest BCUT2D eigenvalue weighted by molar-refractivity contribution is -0.132. The number of amides is 1. The Kier molecular flexibility index (Phi) is 6.29. The minimum atomic E-state index is -0.0270. The third kappa shape index (κ3) is 4.85. The van der Waals surface area contributed by atoms with Crippen LogP contribution in [0, 0.1) is 5.92 Å². The molecule has 2 aromatic rings. The molecule has 5 heteroatoms. The number of benzene rings is 2. The van der Waals surface area contributed by atoms with Crippen molar-refractivity contribution in [1.82, 2.24) is 4.90 Å². The van der Waals surface area contributed by atoms with Crippen LogP contribution in [-0.2, 0) is 4.79 Å². The summed E-state index contributed by atoms with van der Waals surface area (Å²) in [5.74, 6) is 0.966. The molecule has 4 nitrogen and oxygen atoms in total. The normalized spacial score (nSPS) is 14.9. The number of carbonyl (C=O) groups is 2. The van der Waals surface area contributed by atoms with Crippen LogP contribution in [-0.4, -0.2) is 36.3 Å². The third-order valence-corrected chi connectivity index (χ3v) is 4.93. The number of nitrogens with zero attached hydrogens (tertiary/aromatic N) is 1. The van der Waals surface area contributed by atoms with Crippen LogP contribution >= 0.6 is 11.6 Å². The number of hydrogen-bond acceptors (Lipinski definition) is 3. The van der Waals surface area contributed by atoms with Gasteiger partial charge in [0.05, 0.1) is 13.0 Å². The Bertz CT molecular complexity index is 738. The highest BCUT2D eigenvalue weighted by molar-refractivity contribution is 6.30. The summed E-state index contributed by atoms with van der Waals surface area (Å²) < 4.78 is 5.58. The van der Waals surface area contributed by atoms with Gasteiger partial charge in [-0.2, -0.15) is 0 Å². The number of ether oxygens (including phenoxy) is 1. The molecule has 1 fully saturated rings. The van der Waals surface area contributed by atoms with Gasteiger partial charge in [0.15, 0.2) is 5.78 Å². The Labute approximate surface area is 158 Å². The van der Waals surface area contributed by atoms with Crippen molar-refractivity contribution < 1.29 is 14.3 Å². The van der Waals surface area contributed by atoms with Crippen molar-refractivity contribution in [2.75, 3.05) is 19.7 Å². The van der Waals surface area contributed by atoms with Gasteiger partial charge in [0.2, 0.25) is 5.91 Å². The van der Waals surface area contributed by atoms with E-state index in [1.807, 2.05) is 35.2 Å². The quantitative estimate of drug-likeness (QED) is 0.714. The van der Waals surface area contributed by atoms with Crippen LogP contribution in [0.4, 0.5) is 0 Å². The van der Waals surface area contributed by atoms with E-state index in [4.69, 9.17) is 16.3 Å². The molecule has 1 amide bonds. The molecule has 0 aliphatic carbocycles. The van der Waals surface area contributed by atoms with Gasteiger partial charge in [-0.3, -0.25) is 9.59 Å². The molecule has 0 unspecified atom stereocenters. The van der Waals surface area contributed by atoms with Gasteiger partial charge in [0, 0.05) is 29.6 Å². The molecule has 1 heterocycles. The zero-order chi connectivity index (χ0) is 18.4. The Morgan fingerprint density at radius 1 is 1.00 bits per heavy atom. The summed E-state index contributed by atoms with van der Waals surface area (Å²) in [6.45, 7) is 1.61. The fourth-order valence-electron chi connectivity index (χ4n) is 3.17. The summed E-state index contributed by atoms with van der Waals surface area (Å²) in [7, 11) is 0. The lowest BCUT2D eigenvalue weighted by Gasteiger charge is -2.31. The number of rotatable bonds is 6. The molecule has 0 atom stereocenters. The zero-order valence-corrected chi connectivity index (χ0v) is 15.3. The fourth-order valence-corrected chi connectivity index (χ4v) is 3.30. The van der Waals surface area contributed by atoms with Crippen molar-refractivity contribution in [3.05, 3.63) is 65.2 Å². The van der Waals surface area contributed by atoms with E-state index in [0.29, 0.717) is 49.5 Å². The van der Waals surface area contributed by atoms with Crippen molar-refractivity contribution in [3.63, 3.8) is 0 Å². The third-order valence-electron chi connectivity index (χ3n) is 4.68. The first-order valence-corrected chi connectivity index (χ1v) is 9.26. The van der Waals surface area contributed by atoms with Crippen LogP contribution in [0.3, 0.4) is 0 Å². The molecule has 1 aliphatic heterocycles. The van der Waals surface area contributed by atoms with Gasteiger partial charge in [-0.1, -0.05) is 29.8 Å². The van der Waals surface area contributed by atoms with E-state index in [1.165, 1.54) is 0 Å². The summed E-state index contributed by atoms with van der Waals surface area (Å²) in [4.78, 5) is 26.7. The Hall–Kier alpha value is -2.33. The maximum Gasteiger partial charge on any atom is 0.225 e. The number of para-hydroxylation sites is 1. The number of piperidine rings is 1. The molecule has 3 rings (SSSR count). The molecule has 0 radical (unpaired) electrons. The van der Waals surface area contributed by atoms with E-state index in [-0.39, 0.29) is 17.6 Å². The molecule has 1 saturated heterocycles. The second-order valence-corrected chi connectivity index (χ2v) is 6.87. The van der Waals surface area contributed by atoms with Gasteiger partial charge in [-0.25, -0.2) is 0 Å². The van der Waals surface area contributed by atoms with E-state index in [1.54, 1.807) is 24.3 Å². The van der Waals surface area contributed by atoms with Crippen LogP contribution in [0.25, 0.3) is 0 Å². The number of Topliss-reactive ketones (excluding diaryl/α,β-unsaturated/α-hetero) is 1. The van der Waals surface area contributed by atoms with Crippen LogP contribution < -0.4 is 4.74 Å². The first-order valence-electron chi connectivity index (χ1n) is 8.89. The molecule has 0 N–H and O–H groups in total. The number of halogens is 1. The first kappa shape index (κ1) is 18.5. The maximum absolute atomic E-state index is 12.5. The van der Waals surface area contributed by atoms with Crippen molar-refractivity contribution in [1.29, 1.82) is 0 Å². The molecule has 2 aromatic carbocycles. The molecule has 1 aliphatic rings. The minimum absolute atomic E-state index is 0.0270. The van der Waals surface area contributed by atoms with E-state index < -0.39 is 0 Å². The van der Waals surface area contributed by atoms with Crippen LogP contribution in [0.5, 0.6) is 5.75 Å². The summed E-state index contributed by atoms with van der Waals surface area (Å²) in [5.41, 5.74) is 0.690. The second kappa shape index (κ2) is 8.86. The van der Waals surface area contributed by atoms with Crippen molar-refractivity contribution in [2.45, 2.75) is 19.3 Å². The second-order valence-electron chi connectivity index (χ2n) is 6.44. The number of likely N-dealkylation sites (tertiary alicyclic amines) is 1. The minimum Gasteiger partial charge on any atom is -0.493 e. The van der Waals surface area contributed by atoms with Crippen LogP contribution in [0.15, 0.2) is 54.6 Å². The van der Waals surface area contributed by atoms with Gasteiger partial charge in [-0.05, 0) is 49.2 Å². The highest BCUT2D eigenvalue weighted by Crippen LogP contribution is 2.23. The van der Waals surface area contributed by atoms with Gasteiger partial charge < -0.3 is 9.64 Å². The topological polar surface area (TPSA) is 46.6 Å². The van der Waals surface area contributed by atoms with Crippen LogP contribution in [0.2, 0.25) is 5.02 Å². The molecule has 136 valence electrons. The van der Waals surface area contributed by atoms with E-state index in [0.717, 1.165) is 5.75 Å². The molecule has 0 bridgehead atoms. The molecular formula is C21H22ClNO3. The Morgan fingerprint density at radius 3 is 2.31 bits per heavy atom. The molecule has 0 spiro atoms. The number of carbonyl (C=O) groups excluding carboxylic acids is 2. The van der Waals surface area contributed by atoms with E-state index in [9.17, 15) is 9.59 Å². The lowest BCUT2D eigenvalue weighted by atomic mass is 9.89. The van der Waals surface area contributed by atoms with Crippen LogP contribution in [0.1, 0.15) is 29.6 Å². The Balaban J connectivity index is 1.43. The van der Waals surface area contributed by atoms with Gasteiger partial charge >= 0.3 is 0 Å². The first-order chi connectivity index (χ1) is 12.6. The fraction of sp³-hybridized carbons (Fsp3) is 0.333. The van der Waals surface area contributed by atoms with Crippen molar-refractivity contribution >= 4 is 23.3 Å². The highest BCUT2D eigenvalue weighted by Gasteiger charge is 2.27. The van der Waals surface area contributed by atoms with Gasteiger partial charge in [0.25, 0.3) is 0 Å². The predicted molar refractivity (Wildman–Crippen MR) is 102 cm³/mol.